The van der Waals surface area contributed by atoms with Gasteiger partial charge >= 0.3 is 5.69 Å². The maximum atomic E-state index is 11.4. The van der Waals surface area contributed by atoms with Crippen LogP contribution in [-0.4, -0.2) is 35.4 Å². The first-order valence-electron chi connectivity index (χ1n) is 5.86. The molecule has 2 N–H and O–H groups in total. The van der Waals surface area contributed by atoms with Crippen molar-refractivity contribution in [1.29, 1.82) is 0 Å². The van der Waals surface area contributed by atoms with Crippen LogP contribution in [-0.2, 0) is 11.3 Å². The molecule has 0 aliphatic carbocycles. The molecule has 1 aromatic rings. The van der Waals surface area contributed by atoms with Crippen molar-refractivity contribution >= 4 is 0 Å². The number of aromatic nitrogens is 2. The molecular weight excluding hydrogens is 222 g/mol. The second-order valence-corrected chi connectivity index (χ2v) is 4.14. The molecule has 2 heterocycles. The highest BCUT2D eigenvalue weighted by atomic mass is 16.5. The average Bonchev–Trinajstić information content (AvgIpc) is 2.33. The lowest BCUT2D eigenvalue weighted by atomic mass is 10.1. The number of nitrogens with zero attached hydrogens (tertiary/aromatic N) is 1. The van der Waals surface area contributed by atoms with Crippen molar-refractivity contribution in [3.63, 3.8) is 0 Å². The van der Waals surface area contributed by atoms with Crippen molar-refractivity contribution in [1.82, 2.24) is 14.9 Å². The fourth-order valence-electron chi connectivity index (χ4n) is 1.91. The summed E-state index contributed by atoms with van der Waals surface area (Å²) < 4.78 is 6.76. The van der Waals surface area contributed by atoms with Gasteiger partial charge in [0.2, 0.25) is 0 Å². The molecule has 94 valence electrons. The standard InChI is InChI=1S/C11H17N3O3/c15-10-1-5-14(11(16)13-10)6-4-12-9-2-7-17-8-3-9/h1,5,9,12H,2-4,6-8H2,(H,13,15,16). The van der Waals surface area contributed by atoms with Gasteiger partial charge in [-0.05, 0) is 12.8 Å². The van der Waals surface area contributed by atoms with Crippen molar-refractivity contribution < 1.29 is 4.74 Å². The largest absolute Gasteiger partial charge is 0.381 e. The average molecular weight is 239 g/mol. The topological polar surface area (TPSA) is 76.1 Å². The Morgan fingerprint density at radius 3 is 2.88 bits per heavy atom. The molecule has 6 nitrogen and oxygen atoms in total. The second-order valence-electron chi connectivity index (χ2n) is 4.14. The van der Waals surface area contributed by atoms with Crippen LogP contribution in [0.5, 0.6) is 0 Å². The van der Waals surface area contributed by atoms with E-state index in [2.05, 4.69) is 10.3 Å². The van der Waals surface area contributed by atoms with Gasteiger partial charge in [0.1, 0.15) is 0 Å². The first-order valence-corrected chi connectivity index (χ1v) is 5.86. The minimum atomic E-state index is -0.358. The van der Waals surface area contributed by atoms with E-state index in [4.69, 9.17) is 4.74 Å². The third-order valence-electron chi connectivity index (χ3n) is 2.90. The smallest absolute Gasteiger partial charge is 0.328 e. The first-order chi connectivity index (χ1) is 8.25. The molecular formula is C11H17N3O3. The summed E-state index contributed by atoms with van der Waals surface area (Å²) >= 11 is 0. The molecule has 0 spiro atoms. The van der Waals surface area contributed by atoms with Crippen LogP contribution in [0.1, 0.15) is 12.8 Å². The maximum absolute atomic E-state index is 11.4. The maximum Gasteiger partial charge on any atom is 0.328 e. The minimum absolute atomic E-state index is 0.355. The van der Waals surface area contributed by atoms with E-state index in [9.17, 15) is 9.59 Å². The molecule has 0 saturated carbocycles. The van der Waals surface area contributed by atoms with Crippen LogP contribution in [0.25, 0.3) is 0 Å². The van der Waals surface area contributed by atoms with Crippen LogP contribution < -0.4 is 16.6 Å². The Morgan fingerprint density at radius 1 is 1.41 bits per heavy atom. The predicted molar refractivity (Wildman–Crippen MR) is 63.2 cm³/mol. The van der Waals surface area contributed by atoms with E-state index in [1.54, 1.807) is 0 Å². The molecule has 0 aromatic carbocycles. The van der Waals surface area contributed by atoms with E-state index >= 15 is 0 Å². The SMILES string of the molecule is O=c1ccn(CCNC2CCOCC2)c(=O)[nH]1. The molecule has 1 fully saturated rings. The van der Waals surface area contributed by atoms with E-state index in [0.717, 1.165) is 32.6 Å². The molecule has 0 bridgehead atoms. The van der Waals surface area contributed by atoms with Gasteiger partial charge in [-0.25, -0.2) is 4.79 Å². The third kappa shape index (κ3) is 3.54. The summed E-state index contributed by atoms with van der Waals surface area (Å²) in [6, 6.07) is 1.83. The second kappa shape index (κ2) is 5.79. The van der Waals surface area contributed by atoms with Crippen LogP contribution in [0.2, 0.25) is 0 Å². The summed E-state index contributed by atoms with van der Waals surface area (Å²) in [6.45, 7) is 2.89. The van der Waals surface area contributed by atoms with Crippen LogP contribution in [0.15, 0.2) is 21.9 Å². The van der Waals surface area contributed by atoms with Crippen LogP contribution in [0, 0.1) is 0 Å². The number of nitrogens with one attached hydrogen (secondary N) is 2. The molecule has 17 heavy (non-hydrogen) atoms. The van der Waals surface area contributed by atoms with Crippen LogP contribution >= 0.6 is 0 Å². The monoisotopic (exact) mass is 239 g/mol. The summed E-state index contributed by atoms with van der Waals surface area (Å²) in [5.41, 5.74) is -0.713. The summed E-state index contributed by atoms with van der Waals surface area (Å²) in [5.74, 6) is 0. The zero-order valence-electron chi connectivity index (χ0n) is 9.65. The lowest BCUT2D eigenvalue weighted by Crippen LogP contribution is -2.38. The van der Waals surface area contributed by atoms with E-state index in [1.807, 2.05) is 0 Å². The molecule has 1 aliphatic heterocycles. The molecule has 0 atom stereocenters. The van der Waals surface area contributed by atoms with Gasteiger partial charge in [0.15, 0.2) is 0 Å². The van der Waals surface area contributed by atoms with Crippen molar-refractivity contribution in [3.8, 4) is 0 Å². The number of ether oxygens (including phenoxy) is 1. The molecule has 1 saturated heterocycles. The Bertz CT molecular complexity index is 460. The zero-order chi connectivity index (χ0) is 12.1. The molecule has 1 aromatic heterocycles. The number of rotatable bonds is 4. The van der Waals surface area contributed by atoms with E-state index in [1.165, 1.54) is 16.8 Å². The number of hydrogen-bond donors (Lipinski definition) is 2. The molecule has 6 heteroatoms. The Balaban J connectivity index is 1.81. The summed E-state index contributed by atoms with van der Waals surface area (Å²) in [4.78, 5) is 24.5. The summed E-state index contributed by atoms with van der Waals surface area (Å²) in [6.07, 6.45) is 3.55. The predicted octanol–water partition coefficient (Wildman–Crippen LogP) is -0.695. The lowest BCUT2D eigenvalue weighted by molar-refractivity contribution is 0.0778. The molecule has 1 aliphatic rings. The van der Waals surface area contributed by atoms with Crippen molar-refractivity contribution in [2.24, 2.45) is 0 Å². The fourth-order valence-corrected chi connectivity index (χ4v) is 1.91. The van der Waals surface area contributed by atoms with Gasteiger partial charge in [-0.2, -0.15) is 0 Å². The number of hydrogen-bond acceptors (Lipinski definition) is 4. The van der Waals surface area contributed by atoms with Gasteiger partial charge in [0, 0.05) is 44.6 Å². The highest BCUT2D eigenvalue weighted by molar-refractivity contribution is 4.82. The van der Waals surface area contributed by atoms with Crippen molar-refractivity contribution in [2.75, 3.05) is 19.8 Å². The third-order valence-corrected chi connectivity index (χ3v) is 2.90. The number of aromatic amines is 1. The van der Waals surface area contributed by atoms with Crippen LogP contribution in [0.4, 0.5) is 0 Å². The van der Waals surface area contributed by atoms with E-state index in [0.29, 0.717) is 12.6 Å². The van der Waals surface area contributed by atoms with Gasteiger partial charge in [-0.3, -0.25) is 14.3 Å². The number of H-pyrrole nitrogens is 1. The zero-order valence-corrected chi connectivity index (χ0v) is 9.65. The van der Waals surface area contributed by atoms with E-state index < -0.39 is 0 Å². The fraction of sp³-hybridized carbons (Fsp3) is 0.636. The molecule has 0 unspecified atom stereocenters. The highest BCUT2D eigenvalue weighted by Gasteiger charge is 2.12. The van der Waals surface area contributed by atoms with Crippen molar-refractivity contribution in [3.05, 3.63) is 33.1 Å². The summed E-state index contributed by atoms with van der Waals surface area (Å²) in [5, 5.41) is 3.38. The minimum Gasteiger partial charge on any atom is -0.381 e. The molecule has 0 amide bonds. The Kier molecular flexibility index (Phi) is 4.11. The highest BCUT2D eigenvalue weighted by Crippen LogP contribution is 2.05. The van der Waals surface area contributed by atoms with E-state index in [-0.39, 0.29) is 11.2 Å². The quantitative estimate of drug-likeness (QED) is 0.729. The van der Waals surface area contributed by atoms with Crippen molar-refractivity contribution in [2.45, 2.75) is 25.4 Å². The van der Waals surface area contributed by atoms with Crippen LogP contribution in [0.3, 0.4) is 0 Å². The molecule has 2 rings (SSSR count). The molecule has 0 radical (unpaired) electrons. The Hall–Kier alpha value is -1.40. The van der Waals surface area contributed by atoms with Gasteiger partial charge in [-0.15, -0.1) is 0 Å². The summed E-state index contributed by atoms with van der Waals surface area (Å²) in [7, 11) is 0. The van der Waals surface area contributed by atoms with Gasteiger partial charge in [0.25, 0.3) is 5.56 Å². The first kappa shape index (κ1) is 12.1. The Morgan fingerprint density at radius 2 is 2.18 bits per heavy atom. The van der Waals surface area contributed by atoms with Gasteiger partial charge in [0.05, 0.1) is 0 Å². The van der Waals surface area contributed by atoms with Gasteiger partial charge in [-0.1, -0.05) is 0 Å². The Labute approximate surface area is 98.6 Å². The normalized spacial score (nSPS) is 17.2. The lowest BCUT2D eigenvalue weighted by Gasteiger charge is -2.23. The van der Waals surface area contributed by atoms with Gasteiger partial charge < -0.3 is 10.1 Å².